The van der Waals surface area contributed by atoms with E-state index in [1.165, 1.54) is 6.42 Å². The second kappa shape index (κ2) is 6.20. The summed E-state index contributed by atoms with van der Waals surface area (Å²) < 4.78 is 0. The first kappa shape index (κ1) is 13.4. The number of hydrogen-bond acceptors (Lipinski definition) is 5. The monoisotopic (exact) mass is 270 g/mol. The lowest BCUT2D eigenvalue weighted by Crippen LogP contribution is -2.36. The van der Waals surface area contributed by atoms with Crippen molar-refractivity contribution in [3.05, 3.63) is 11.2 Å². The third kappa shape index (κ3) is 3.03. The Balaban J connectivity index is 2.14. The van der Waals surface area contributed by atoms with E-state index in [2.05, 4.69) is 20.2 Å². The summed E-state index contributed by atoms with van der Waals surface area (Å²) in [6.07, 6.45) is 4.75. The molecule has 1 saturated heterocycles. The van der Waals surface area contributed by atoms with Gasteiger partial charge < -0.3 is 15.3 Å². The number of piperidine rings is 1. The molecule has 1 aromatic heterocycles. The number of aromatic nitrogens is 2. The van der Waals surface area contributed by atoms with Crippen molar-refractivity contribution in [3.8, 4) is 0 Å². The van der Waals surface area contributed by atoms with Crippen molar-refractivity contribution < 1.29 is 5.11 Å². The molecule has 100 valence electrons. The summed E-state index contributed by atoms with van der Waals surface area (Å²) in [4.78, 5) is 10.7. The minimum Gasteiger partial charge on any atom is -0.396 e. The number of nitrogens with one attached hydrogen (secondary N) is 1. The maximum absolute atomic E-state index is 9.03. The van der Waals surface area contributed by atoms with E-state index in [1.54, 1.807) is 13.2 Å². The molecule has 2 rings (SSSR count). The summed E-state index contributed by atoms with van der Waals surface area (Å²) >= 11 is 6.17. The first-order valence-corrected chi connectivity index (χ1v) is 6.68. The topological polar surface area (TPSA) is 61.3 Å². The number of aliphatic hydroxyl groups excluding tert-OH is 1. The van der Waals surface area contributed by atoms with Gasteiger partial charge in [0.15, 0.2) is 5.82 Å². The highest BCUT2D eigenvalue weighted by Gasteiger charge is 2.22. The van der Waals surface area contributed by atoms with E-state index in [-0.39, 0.29) is 6.61 Å². The van der Waals surface area contributed by atoms with Crippen LogP contribution in [0.15, 0.2) is 6.20 Å². The van der Waals surface area contributed by atoms with Crippen LogP contribution >= 0.6 is 11.6 Å². The maximum atomic E-state index is 9.03. The Bertz CT molecular complexity index is 400. The van der Waals surface area contributed by atoms with Gasteiger partial charge in [-0.25, -0.2) is 4.98 Å². The average molecular weight is 271 g/mol. The van der Waals surface area contributed by atoms with Gasteiger partial charge in [-0.15, -0.1) is 0 Å². The fourth-order valence-corrected chi connectivity index (χ4v) is 2.59. The van der Waals surface area contributed by atoms with Gasteiger partial charge in [0.1, 0.15) is 5.02 Å². The molecule has 6 heteroatoms. The quantitative estimate of drug-likeness (QED) is 0.873. The normalized spacial score (nSPS) is 19.9. The lowest BCUT2D eigenvalue weighted by molar-refractivity contribution is 0.244. The molecule has 0 bridgehead atoms. The molecule has 1 aliphatic rings. The van der Waals surface area contributed by atoms with Crippen LogP contribution in [-0.2, 0) is 0 Å². The third-order valence-electron chi connectivity index (χ3n) is 3.31. The highest BCUT2D eigenvalue weighted by molar-refractivity contribution is 6.32. The lowest BCUT2D eigenvalue weighted by atomic mass is 9.95. The molecule has 0 radical (unpaired) electrons. The van der Waals surface area contributed by atoms with Crippen molar-refractivity contribution in [1.29, 1.82) is 0 Å². The predicted octanol–water partition coefficient (Wildman–Crippen LogP) is 1.77. The van der Waals surface area contributed by atoms with Crippen molar-refractivity contribution in [2.24, 2.45) is 5.92 Å². The van der Waals surface area contributed by atoms with E-state index in [4.69, 9.17) is 16.7 Å². The van der Waals surface area contributed by atoms with E-state index < -0.39 is 0 Å². The summed E-state index contributed by atoms with van der Waals surface area (Å²) in [6, 6.07) is 0. The predicted molar refractivity (Wildman–Crippen MR) is 73.2 cm³/mol. The van der Waals surface area contributed by atoms with Crippen LogP contribution in [0, 0.1) is 5.92 Å². The zero-order valence-corrected chi connectivity index (χ0v) is 11.3. The van der Waals surface area contributed by atoms with Gasteiger partial charge in [-0.3, -0.25) is 0 Å². The van der Waals surface area contributed by atoms with E-state index in [1.807, 2.05) is 0 Å². The van der Waals surface area contributed by atoms with Crippen molar-refractivity contribution in [3.63, 3.8) is 0 Å². The number of hydrogen-bond donors (Lipinski definition) is 2. The Kier molecular flexibility index (Phi) is 4.60. The maximum Gasteiger partial charge on any atom is 0.224 e. The van der Waals surface area contributed by atoms with Gasteiger partial charge in [0.05, 0.1) is 6.20 Å². The lowest BCUT2D eigenvalue weighted by Gasteiger charge is -2.33. The van der Waals surface area contributed by atoms with Crippen LogP contribution in [0.3, 0.4) is 0 Å². The number of nitrogens with zero attached hydrogens (tertiary/aromatic N) is 3. The minimum atomic E-state index is 0.248. The summed E-state index contributed by atoms with van der Waals surface area (Å²) in [5.74, 6) is 1.89. The van der Waals surface area contributed by atoms with Gasteiger partial charge >= 0.3 is 0 Å². The Hall–Kier alpha value is -1.07. The highest BCUT2D eigenvalue weighted by Crippen LogP contribution is 2.29. The summed E-state index contributed by atoms with van der Waals surface area (Å²) in [6.45, 7) is 2.11. The van der Waals surface area contributed by atoms with Crippen LogP contribution in [0.4, 0.5) is 11.8 Å². The Morgan fingerprint density at radius 1 is 1.61 bits per heavy atom. The Labute approximate surface area is 112 Å². The number of rotatable bonds is 4. The number of halogens is 1. The molecule has 5 nitrogen and oxygen atoms in total. The second-order valence-corrected chi connectivity index (χ2v) is 4.99. The second-order valence-electron chi connectivity index (χ2n) is 4.58. The van der Waals surface area contributed by atoms with Crippen LogP contribution in [0.1, 0.15) is 19.3 Å². The smallest absolute Gasteiger partial charge is 0.224 e. The first-order valence-electron chi connectivity index (χ1n) is 6.30. The van der Waals surface area contributed by atoms with E-state index >= 15 is 0 Å². The molecule has 1 unspecified atom stereocenters. The van der Waals surface area contributed by atoms with Gasteiger partial charge in [-0.05, 0) is 25.2 Å². The van der Waals surface area contributed by atoms with Crippen LogP contribution in [0.2, 0.25) is 5.02 Å². The Morgan fingerprint density at radius 2 is 2.44 bits per heavy atom. The fourth-order valence-electron chi connectivity index (χ4n) is 2.38. The largest absolute Gasteiger partial charge is 0.396 e. The van der Waals surface area contributed by atoms with E-state index in [0.717, 1.165) is 31.7 Å². The molecule has 0 saturated carbocycles. The van der Waals surface area contributed by atoms with Gasteiger partial charge in [-0.1, -0.05) is 11.6 Å². The van der Waals surface area contributed by atoms with Crippen molar-refractivity contribution >= 4 is 23.4 Å². The summed E-state index contributed by atoms with van der Waals surface area (Å²) in [5.41, 5.74) is 0. The molecule has 2 heterocycles. The van der Waals surface area contributed by atoms with Gasteiger partial charge in [0.25, 0.3) is 0 Å². The summed E-state index contributed by atoms with van der Waals surface area (Å²) in [5, 5.41) is 12.5. The SMILES string of the molecule is CNc1ncc(Cl)c(N2CCCC(CCO)C2)n1. The van der Waals surface area contributed by atoms with Crippen molar-refractivity contribution in [1.82, 2.24) is 9.97 Å². The zero-order chi connectivity index (χ0) is 13.0. The van der Waals surface area contributed by atoms with Gasteiger partial charge in [-0.2, -0.15) is 4.98 Å². The zero-order valence-electron chi connectivity index (χ0n) is 10.6. The highest BCUT2D eigenvalue weighted by atomic mass is 35.5. The standard InChI is InChI=1S/C12H19ClN4O/c1-14-12-15-7-10(13)11(16-12)17-5-2-3-9(8-17)4-6-18/h7,9,18H,2-6,8H2,1H3,(H,14,15,16). The number of anilines is 2. The van der Waals surface area contributed by atoms with Gasteiger partial charge in [0.2, 0.25) is 5.95 Å². The van der Waals surface area contributed by atoms with Crippen LogP contribution in [-0.4, -0.2) is 41.8 Å². The Morgan fingerprint density at radius 3 is 3.17 bits per heavy atom. The van der Waals surface area contributed by atoms with E-state index in [9.17, 15) is 0 Å². The molecule has 0 amide bonds. The fraction of sp³-hybridized carbons (Fsp3) is 0.667. The van der Waals surface area contributed by atoms with Crippen molar-refractivity contribution in [2.45, 2.75) is 19.3 Å². The molecular formula is C12H19ClN4O. The molecule has 2 N–H and O–H groups in total. The number of aliphatic hydroxyl groups is 1. The molecule has 1 atom stereocenters. The van der Waals surface area contributed by atoms with Crippen LogP contribution in [0.25, 0.3) is 0 Å². The molecule has 1 aromatic rings. The molecule has 0 aromatic carbocycles. The van der Waals surface area contributed by atoms with Gasteiger partial charge in [0, 0.05) is 26.7 Å². The van der Waals surface area contributed by atoms with E-state index in [0.29, 0.717) is 16.9 Å². The van der Waals surface area contributed by atoms with Crippen molar-refractivity contribution in [2.75, 3.05) is 37.0 Å². The third-order valence-corrected chi connectivity index (χ3v) is 3.57. The molecule has 18 heavy (non-hydrogen) atoms. The molecule has 1 fully saturated rings. The molecule has 0 aliphatic carbocycles. The molecule has 0 spiro atoms. The minimum absolute atomic E-state index is 0.248. The molecular weight excluding hydrogens is 252 g/mol. The summed E-state index contributed by atoms with van der Waals surface area (Å²) in [7, 11) is 1.79. The molecule has 1 aliphatic heterocycles. The first-order chi connectivity index (χ1) is 8.74. The average Bonchev–Trinajstić information content (AvgIpc) is 2.40. The van der Waals surface area contributed by atoms with Crippen LogP contribution in [0.5, 0.6) is 0 Å². The van der Waals surface area contributed by atoms with Crippen LogP contribution < -0.4 is 10.2 Å².